The van der Waals surface area contributed by atoms with Crippen molar-refractivity contribution in [3.8, 4) is 0 Å². The average molecular weight is 362 g/mol. The normalized spacial score (nSPS) is 13.3. The fourth-order valence-electron chi connectivity index (χ4n) is 2.48. The van der Waals surface area contributed by atoms with Gasteiger partial charge in [0.15, 0.2) is 11.7 Å². The van der Waals surface area contributed by atoms with Crippen LogP contribution in [-0.4, -0.2) is 24.8 Å². The Morgan fingerprint density at radius 2 is 1.96 bits per heavy atom. The summed E-state index contributed by atoms with van der Waals surface area (Å²) in [5.74, 6) is 0.818. The lowest BCUT2D eigenvalue weighted by Gasteiger charge is -2.08. The van der Waals surface area contributed by atoms with Crippen LogP contribution in [0.5, 0.6) is 0 Å². The second kappa shape index (κ2) is 7.69. The first-order valence-corrected chi connectivity index (χ1v) is 8.50. The minimum absolute atomic E-state index is 0.0170. The van der Waals surface area contributed by atoms with Gasteiger partial charge in [0.25, 0.3) is 0 Å². The first kappa shape index (κ1) is 16.8. The number of hydrogen-bond acceptors (Lipinski definition) is 4. The molecule has 2 aromatic carbocycles. The third-order valence-corrected chi connectivity index (χ3v) is 4.31. The minimum atomic E-state index is 0.0170. The Morgan fingerprint density at radius 3 is 2.62 bits per heavy atom. The fourth-order valence-corrected chi connectivity index (χ4v) is 3.00. The fraction of sp³-hybridized carbons (Fsp3) is 0.222. The molecule has 1 aliphatic heterocycles. The van der Waals surface area contributed by atoms with Crippen molar-refractivity contribution < 1.29 is 4.79 Å². The molecular formula is C18H17Cl2N3O. The highest BCUT2D eigenvalue weighted by Crippen LogP contribution is 2.23. The van der Waals surface area contributed by atoms with Gasteiger partial charge in [-0.3, -0.25) is 9.79 Å². The molecule has 24 heavy (non-hydrogen) atoms. The molecule has 0 fully saturated rings. The second-order valence-corrected chi connectivity index (χ2v) is 6.37. The summed E-state index contributed by atoms with van der Waals surface area (Å²) < 4.78 is 0. The van der Waals surface area contributed by atoms with Crippen LogP contribution in [0.2, 0.25) is 10.0 Å². The van der Waals surface area contributed by atoms with Gasteiger partial charge in [-0.25, -0.2) is 0 Å². The molecule has 0 spiro atoms. The molecule has 3 rings (SSSR count). The summed E-state index contributed by atoms with van der Waals surface area (Å²) in [6, 6.07) is 12.9. The molecule has 0 aliphatic carbocycles. The summed E-state index contributed by atoms with van der Waals surface area (Å²) in [5, 5.41) is 7.30. The molecule has 6 heteroatoms. The summed E-state index contributed by atoms with van der Waals surface area (Å²) >= 11 is 11.9. The number of ketones is 1. The van der Waals surface area contributed by atoms with Crippen LogP contribution in [0, 0.1) is 0 Å². The highest BCUT2D eigenvalue weighted by Gasteiger charge is 2.11. The van der Waals surface area contributed by atoms with Gasteiger partial charge in [0.2, 0.25) is 0 Å². The zero-order valence-corrected chi connectivity index (χ0v) is 14.5. The number of halogens is 2. The molecule has 0 radical (unpaired) electrons. The number of Topliss-reactive ketones (excluding diaryl/α,β-unsaturated/α-hetero) is 1. The second-order valence-electron chi connectivity index (χ2n) is 5.53. The van der Waals surface area contributed by atoms with E-state index >= 15 is 0 Å². The number of anilines is 1. The maximum absolute atomic E-state index is 12.3. The summed E-state index contributed by atoms with van der Waals surface area (Å²) in [6.07, 6.45) is 1.07. The van der Waals surface area contributed by atoms with Crippen molar-refractivity contribution in [3.05, 3.63) is 63.6 Å². The van der Waals surface area contributed by atoms with E-state index < -0.39 is 0 Å². The number of guanidine groups is 1. The SMILES string of the molecule is O=C(CCc1ccc(NC2=NCCN2)cc1)c1ccc(Cl)cc1Cl. The summed E-state index contributed by atoms with van der Waals surface area (Å²) in [4.78, 5) is 16.6. The predicted octanol–water partition coefficient (Wildman–Crippen LogP) is 4.18. The molecule has 0 aromatic heterocycles. The quantitative estimate of drug-likeness (QED) is 0.785. The topological polar surface area (TPSA) is 53.5 Å². The molecule has 1 aliphatic rings. The van der Waals surface area contributed by atoms with Crippen LogP contribution in [0.25, 0.3) is 0 Å². The molecule has 0 atom stereocenters. The number of carbonyl (C=O) groups excluding carboxylic acids is 1. The van der Waals surface area contributed by atoms with E-state index in [0.29, 0.717) is 28.5 Å². The summed E-state index contributed by atoms with van der Waals surface area (Å²) in [6.45, 7) is 1.67. The van der Waals surface area contributed by atoms with Gasteiger partial charge < -0.3 is 10.6 Å². The van der Waals surface area contributed by atoms with Crippen LogP contribution < -0.4 is 10.6 Å². The van der Waals surface area contributed by atoms with Crippen molar-refractivity contribution in [3.63, 3.8) is 0 Å². The third-order valence-electron chi connectivity index (χ3n) is 3.76. The molecule has 0 bridgehead atoms. The Labute approximate surface area is 150 Å². The van der Waals surface area contributed by atoms with E-state index in [1.54, 1.807) is 18.2 Å². The molecule has 0 amide bonds. The first-order valence-electron chi connectivity index (χ1n) is 7.74. The van der Waals surface area contributed by atoms with Crippen LogP contribution in [0.4, 0.5) is 5.69 Å². The van der Waals surface area contributed by atoms with Gasteiger partial charge in [0.05, 0.1) is 11.6 Å². The van der Waals surface area contributed by atoms with Gasteiger partial charge in [-0.15, -0.1) is 0 Å². The van der Waals surface area contributed by atoms with E-state index in [4.69, 9.17) is 23.2 Å². The van der Waals surface area contributed by atoms with Crippen molar-refractivity contribution in [1.82, 2.24) is 5.32 Å². The first-order chi connectivity index (χ1) is 11.6. The van der Waals surface area contributed by atoms with E-state index in [9.17, 15) is 4.79 Å². The molecule has 1 heterocycles. The molecule has 2 N–H and O–H groups in total. The van der Waals surface area contributed by atoms with Crippen LogP contribution in [-0.2, 0) is 6.42 Å². The smallest absolute Gasteiger partial charge is 0.195 e. The van der Waals surface area contributed by atoms with Crippen molar-refractivity contribution in [2.24, 2.45) is 4.99 Å². The Morgan fingerprint density at radius 1 is 1.17 bits per heavy atom. The van der Waals surface area contributed by atoms with E-state index in [2.05, 4.69) is 15.6 Å². The van der Waals surface area contributed by atoms with E-state index in [1.165, 1.54) is 0 Å². The number of rotatable bonds is 5. The Hall–Kier alpha value is -2.04. The van der Waals surface area contributed by atoms with Crippen LogP contribution in [0.15, 0.2) is 47.5 Å². The molecule has 0 saturated heterocycles. The summed E-state index contributed by atoms with van der Waals surface area (Å²) in [5.41, 5.74) is 2.59. The van der Waals surface area contributed by atoms with Gasteiger partial charge in [-0.1, -0.05) is 35.3 Å². The number of hydrogen-bond donors (Lipinski definition) is 2. The minimum Gasteiger partial charge on any atom is -0.354 e. The molecular weight excluding hydrogens is 345 g/mol. The van der Waals surface area contributed by atoms with E-state index in [-0.39, 0.29) is 5.78 Å². The Bertz CT molecular complexity index is 772. The number of nitrogens with zero attached hydrogens (tertiary/aromatic N) is 1. The average Bonchev–Trinajstić information content (AvgIpc) is 3.07. The lowest BCUT2D eigenvalue weighted by Crippen LogP contribution is -2.26. The Kier molecular flexibility index (Phi) is 5.38. The molecule has 0 saturated carbocycles. The maximum Gasteiger partial charge on any atom is 0.195 e. The Balaban J connectivity index is 1.57. The summed E-state index contributed by atoms with van der Waals surface area (Å²) in [7, 11) is 0. The number of carbonyl (C=O) groups is 1. The van der Waals surface area contributed by atoms with E-state index in [1.807, 2.05) is 24.3 Å². The van der Waals surface area contributed by atoms with Crippen molar-refractivity contribution in [1.29, 1.82) is 0 Å². The van der Waals surface area contributed by atoms with Crippen molar-refractivity contribution >= 4 is 40.6 Å². The number of nitrogens with one attached hydrogen (secondary N) is 2. The van der Waals surface area contributed by atoms with Crippen LogP contribution >= 0.6 is 23.2 Å². The number of aryl methyl sites for hydroxylation is 1. The van der Waals surface area contributed by atoms with Gasteiger partial charge >= 0.3 is 0 Å². The molecule has 4 nitrogen and oxygen atoms in total. The molecule has 0 unspecified atom stereocenters. The van der Waals surface area contributed by atoms with Crippen LogP contribution in [0.1, 0.15) is 22.3 Å². The third kappa shape index (κ3) is 4.28. The molecule has 124 valence electrons. The van der Waals surface area contributed by atoms with Gasteiger partial charge in [-0.05, 0) is 42.3 Å². The number of aliphatic imine (C=N–C) groups is 1. The standard InChI is InChI=1S/C18H17Cl2N3O/c19-13-4-7-15(16(20)11-13)17(24)8-3-12-1-5-14(6-2-12)23-18-21-9-10-22-18/h1-2,4-7,11H,3,8-10H2,(H2,21,22,23). The maximum atomic E-state index is 12.3. The lowest BCUT2D eigenvalue weighted by atomic mass is 10.0. The largest absolute Gasteiger partial charge is 0.354 e. The highest BCUT2D eigenvalue weighted by molar-refractivity contribution is 6.36. The van der Waals surface area contributed by atoms with Crippen molar-refractivity contribution in [2.45, 2.75) is 12.8 Å². The monoisotopic (exact) mass is 361 g/mol. The zero-order valence-electron chi connectivity index (χ0n) is 13.0. The highest BCUT2D eigenvalue weighted by atomic mass is 35.5. The van der Waals surface area contributed by atoms with Gasteiger partial charge in [0.1, 0.15) is 0 Å². The lowest BCUT2D eigenvalue weighted by molar-refractivity contribution is 0.0983. The van der Waals surface area contributed by atoms with E-state index in [0.717, 1.165) is 30.3 Å². The van der Waals surface area contributed by atoms with Crippen LogP contribution in [0.3, 0.4) is 0 Å². The van der Waals surface area contributed by atoms with Gasteiger partial charge in [0, 0.05) is 29.2 Å². The zero-order chi connectivity index (χ0) is 16.9. The number of benzene rings is 2. The predicted molar refractivity (Wildman–Crippen MR) is 99.5 cm³/mol. The van der Waals surface area contributed by atoms with Gasteiger partial charge in [-0.2, -0.15) is 0 Å². The van der Waals surface area contributed by atoms with Crippen molar-refractivity contribution in [2.75, 3.05) is 18.4 Å². The molecule has 2 aromatic rings.